The Balaban J connectivity index is 1.82. The number of amides is 1. The van der Waals surface area contributed by atoms with Crippen LogP contribution in [0, 0.1) is 0 Å². The lowest BCUT2D eigenvalue weighted by molar-refractivity contribution is 0.0949. The van der Waals surface area contributed by atoms with Gasteiger partial charge in [0.05, 0.1) is 12.7 Å². The molecule has 1 amide bonds. The van der Waals surface area contributed by atoms with Crippen molar-refractivity contribution in [1.82, 2.24) is 29.9 Å². The van der Waals surface area contributed by atoms with Crippen LogP contribution in [0.15, 0.2) is 18.6 Å². The van der Waals surface area contributed by atoms with E-state index in [4.69, 9.17) is 5.73 Å². The second kappa shape index (κ2) is 6.10. The molecule has 102 valence electrons. The number of aryl methyl sites for hydroxylation is 1. The summed E-state index contributed by atoms with van der Waals surface area (Å²) in [6.07, 6.45) is 5.86. The van der Waals surface area contributed by atoms with Crippen LogP contribution in [0.4, 0.5) is 0 Å². The van der Waals surface area contributed by atoms with Crippen LogP contribution >= 0.6 is 0 Å². The molecule has 2 aromatic heterocycles. The molecule has 2 rings (SSSR count). The second-order valence-corrected chi connectivity index (χ2v) is 4.12. The first-order valence-corrected chi connectivity index (χ1v) is 6.05. The number of carbonyl (C=O) groups excluding carboxylic acids is 1. The molecule has 0 fully saturated rings. The Morgan fingerprint density at radius 3 is 3.05 bits per heavy atom. The highest BCUT2D eigenvalue weighted by molar-refractivity contribution is 5.91. The molecular formula is C11H17N7O. The van der Waals surface area contributed by atoms with Gasteiger partial charge in [-0.2, -0.15) is 0 Å². The van der Waals surface area contributed by atoms with Crippen LogP contribution in [0.3, 0.4) is 0 Å². The molecule has 0 aliphatic rings. The van der Waals surface area contributed by atoms with Crippen LogP contribution in [-0.4, -0.2) is 43.5 Å². The van der Waals surface area contributed by atoms with Crippen molar-refractivity contribution >= 4 is 5.91 Å². The minimum atomic E-state index is -0.238. The van der Waals surface area contributed by atoms with E-state index in [-0.39, 0.29) is 5.91 Å². The SMILES string of the molecule is Cn1ccnc1CCNC(=O)c1cn(CCN)nn1. The van der Waals surface area contributed by atoms with Gasteiger partial charge < -0.3 is 15.6 Å². The number of nitrogens with one attached hydrogen (secondary N) is 1. The van der Waals surface area contributed by atoms with Gasteiger partial charge in [0, 0.05) is 39.0 Å². The molecule has 8 heteroatoms. The summed E-state index contributed by atoms with van der Waals surface area (Å²) in [5, 5.41) is 10.4. The van der Waals surface area contributed by atoms with E-state index >= 15 is 0 Å². The topological polar surface area (TPSA) is 104 Å². The number of nitrogens with zero attached hydrogens (tertiary/aromatic N) is 5. The molecule has 0 unspecified atom stereocenters. The summed E-state index contributed by atoms with van der Waals surface area (Å²) in [6.45, 7) is 1.52. The number of imidazole rings is 1. The third kappa shape index (κ3) is 3.38. The van der Waals surface area contributed by atoms with Crippen LogP contribution in [-0.2, 0) is 20.0 Å². The first kappa shape index (κ1) is 13.2. The van der Waals surface area contributed by atoms with E-state index in [1.807, 2.05) is 17.8 Å². The summed E-state index contributed by atoms with van der Waals surface area (Å²) < 4.78 is 3.47. The summed E-state index contributed by atoms with van der Waals surface area (Å²) >= 11 is 0. The summed E-state index contributed by atoms with van der Waals surface area (Å²) in [4.78, 5) is 16.0. The Kier molecular flexibility index (Phi) is 4.24. The van der Waals surface area contributed by atoms with Gasteiger partial charge in [0.25, 0.3) is 5.91 Å². The lowest BCUT2D eigenvalue weighted by Crippen LogP contribution is -2.26. The van der Waals surface area contributed by atoms with Crippen molar-refractivity contribution < 1.29 is 4.79 Å². The maximum atomic E-state index is 11.8. The monoisotopic (exact) mass is 263 g/mol. The van der Waals surface area contributed by atoms with Gasteiger partial charge in [-0.15, -0.1) is 5.10 Å². The molecule has 2 aromatic rings. The molecule has 0 bridgehead atoms. The van der Waals surface area contributed by atoms with Crippen molar-refractivity contribution in [2.75, 3.05) is 13.1 Å². The Morgan fingerprint density at radius 1 is 1.53 bits per heavy atom. The van der Waals surface area contributed by atoms with E-state index in [1.54, 1.807) is 17.1 Å². The minimum Gasteiger partial charge on any atom is -0.350 e. The molecule has 2 heterocycles. The Morgan fingerprint density at radius 2 is 2.37 bits per heavy atom. The fourth-order valence-electron chi connectivity index (χ4n) is 1.66. The number of hydrogen-bond acceptors (Lipinski definition) is 5. The van der Waals surface area contributed by atoms with Crippen molar-refractivity contribution in [3.05, 3.63) is 30.1 Å². The van der Waals surface area contributed by atoms with E-state index in [9.17, 15) is 4.79 Å². The Hall–Kier alpha value is -2.22. The zero-order chi connectivity index (χ0) is 13.7. The van der Waals surface area contributed by atoms with E-state index in [0.717, 1.165) is 5.82 Å². The van der Waals surface area contributed by atoms with Crippen LogP contribution in [0.1, 0.15) is 16.3 Å². The van der Waals surface area contributed by atoms with Gasteiger partial charge >= 0.3 is 0 Å². The quantitative estimate of drug-likeness (QED) is 0.691. The van der Waals surface area contributed by atoms with Gasteiger partial charge in [0.15, 0.2) is 5.69 Å². The second-order valence-electron chi connectivity index (χ2n) is 4.12. The first-order chi connectivity index (χ1) is 9.20. The summed E-state index contributed by atoms with van der Waals surface area (Å²) in [5.74, 6) is 0.685. The van der Waals surface area contributed by atoms with Gasteiger partial charge in [-0.1, -0.05) is 5.21 Å². The van der Waals surface area contributed by atoms with E-state index in [2.05, 4.69) is 20.6 Å². The number of aromatic nitrogens is 5. The molecule has 0 aliphatic heterocycles. The molecule has 0 spiro atoms. The zero-order valence-corrected chi connectivity index (χ0v) is 10.8. The average Bonchev–Trinajstić information content (AvgIpc) is 3.00. The Bertz CT molecular complexity index is 545. The smallest absolute Gasteiger partial charge is 0.273 e. The van der Waals surface area contributed by atoms with Crippen molar-refractivity contribution in [3.8, 4) is 0 Å². The van der Waals surface area contributed by atoms with Gasteiger partial charge in [-0.25, -0.2) is 4.98 Å². The van der Waals surface area contributed by atoms with Gasteiger partial charge in [-0.05, 0) is 0 Å². The molecule has 0 aromatic carbocycles. The third-order valence-electron chi connectivity index (χ3n) is 2.68. The number of hydrogen-bond donors (Lipinski definition) is 2. The van der Waals surface area contributed by atoms with E-state index < -0.39 is 0 Å². The molecule has 0 saturated heterocycles. The summed E-state index contributed by atoms with van der Waals surface area (Å²) in [5.41, 5.74) is 5.70. The van der Waals surface area contributed by atoms with Gasteiger partial charge in [0.1, 0.15) is 5.82 Å². The van der Waals surface area contributed by atoms with E-state index in [1.165, 1.54) is 0 Å². The third-order valence-corrected chi connectivity index (χ3v) is 2.68. The summed E-state index contributed by atoms with van der Waals surface area (Å²) in [6, 6.07) is 0. The molecule has 3 N–H and O–H groups in total. The summed E-state index contributed by atoms with van der Waals surface area (Å²) in [7, 11) is 1.92. The van der Waals surface area contributed by atoms with Crippen molar-refractivity contribution in [3.63, 3.8) is 0 Å². The molecule has 0 atom stereocenters. The van der Waals surface area contributed by atoms with Crippen molar-refractivity contribution in [2.45, 2.75) is 13.0 Å². The minimum absolute atomic E-state index is 0.238. The maximum Gasteiger partial charge on any atom is 0.273 e. The maximum absolute atomic E-state index is 11.8. The lowest BCUT2D eigenvalue weighted by Gasteiger charge is -2.03. The van der Waals surface area contributed by atoms with Gasteiger partial charge in [0.2, 0.25) is 0 Å². The predicted octanol–water partition coefficient (Wildman–Crippen LogP) is -1.06. The number of rotatable bonds is 6. The standard InChI is InChI=1S/C11H17N7O/c1-17-7-5-13-10(17)2-4-14-11(19)9-8-18(6-3-12)16-15-9/h5,7-8H,2-4,6,12H2,1H3,(H,14,19). The molecule has 19 heavy (non-hydrogen) atoms. The van der Waals surface area contributed by atoms with Crippen LogP contribution in [0.25, 0.3) is 0 Å². The highest BCUT2D eigenvalue weighted by Crippen LogP contribution is 1.96. The van der Waals surface area contributed by atoms with Gasteiger partial charge in [-0.3, -0.25) is 9.48 Å². The van der Waals surface area contributed by atoms with Crippen molar-refractivity contribution in [1.29, 1.82) is 0 Å². The van der Waals surface area contributed by atoms with Crippen LogP contribution in [0.2, 0.25) is 0 Å². The average molecular weight is 263 g/mol. The highest BCUT2D eigenvalue weighted by Gasteiger charge is 2.10. The molecular weight excluding hydrogens is 246 g/mol. The molecule has 0 aliphatic carbocycles. The highest BCUT2D eigenvalue weighted by atomic mass is 16.2. The molecule has 8 nitrogen and oxygen atoms in total. The van der Waals surface area contributed by atoms with E-state index in [0.29, 0.717) is 31.7 Å². The predicted molar refractivity (Wildman–Crippen MR) is 68.3 cm³/mol. The number of nitrogens with two attached hydrogens (primary N) is 1. The van der Waals surface area contributed by atoms with Crippen LogP contribution < -0.4 is 11.1 Å². The Labute approximate surface area is 110 Å². The zero-order valence-electron chi connectivity index (χ0n) is 10.8. The fraction of sp³-hybridized carbons (Fsp3) is 0.455. The lowest BCUT2D eigenvalue weighted by atomic mass is 10.3. The molecule has 0 radical (unpaired) electrons. The fourth-order valence-corrected chi connectivity index (χ4v) is 1.66. The normalized spacial score (nSPS) is 10.6. The van der Waals surface area contributed by atoms with Crippen molar-refractivity contribution in [2.24, 2.45) is 12.8 Å². The molecule has 0 saturated carbocycles. The first-order valence-electron chi connectivity index (χ1n) is 6.05. The largest absolute Gasteiger partial charge is 0.350 e. The van der Waals surface area contributed by atoms with Crippen LogP contribution in [0.5, 0.6) is 0 Å². The number of carbonyl (C=O) groups is 1.